The second-order valence-corrected chi connectivity index (χ2v) is 8.84. The third-order valence-corrected chi connectivity index (χ3v) is 5.20. The summed E-state index contributed by atoms with van der Waals surface area (Å²) in [6.07, 6.45) is 4.42. The quantitative estimate of drug-likeness (QED) is 0.267. The van der Waals surface area contributed by atoms with Gasteiger partial charge in [-0.1, -0.05) is 63.4 Å². The average molecular weight is 478 g/mol. The second kappa shape index (κ2) is 14.9. The summed E-state index contributed by atoms with van der Waals surface area (Å²) in [6.45, 7) is 15.3. The fourth-order valence-electron chi connectivity index (χ4n) is 3.65. The van der Waals surface area contributed by atoms with E-state index in [0.717, 1.165) is 62.6 Å². The van der Waals surface area contributed by atoms with E-state index >= 15 is 0 Å². The minimum absolute atomic E-state index is 0.0538. The number of rotatable bonds is 7. The van der Waals surface area contributed by atoms with E-state index in [4.69, 9.17) is 14.7 Å². The van der Waals surface area contributed by atoms with Crippen LogP contribution in [0.25, 0.3) is 0 Å². The third kappa shape index (κ3) is 9.87. The maximum absolute atomic E-state index is 10.0. The van der Waals surface area contributed by atoms with Crippen LogP contribution in [0.5, 0.6) is 0 Å². The van der Waals surface area contributed by atoms with Crippen LogP contribution in [0.3, 0.4) is 0 Å². The van der Waals surface area contributed by atoms with Crippen molar-refractivity contribution in [1.82, 2.24) is 9.97 Å². The molecule has 1 aromatic heterocycles. The first-order valence-electron chi connectivity index (χ1n) is 12.4. The molecule has 0 unspecified atom stereocenters. The Balaban J connectivity index is 0.000000540. The summed E-state index contributed by atoms with van der Waals surface area (Å²) < 4.78 is 5.52. The number of hydrogen-bond donors (Lipinski definition) is 1. The number of morpholine rings is 1. The molecule has 35 heavy (non-hydrogen) atoms. The van der Waals surface area contributed by atoms with Crippen LogP contribution in [0.2, 0.25) is 0 Å². The molecule has 0 amide bonds. The SMILES string of the molecule is CCC#CC(C)=O.CCc1c(CC(C)C)nc(N/N=C/c2cccc(C)c2)nc1N1CCOCC1. The highest BCUT2D eigenvalue weighted by Crippen LogP contribution is 2.26. The minimum Gasteiger partial charge on any atom is -0.378 e. The Labute approximate surface area is 210 Å². The number of anilines is 2. The molecule has 7 nitrogen and oxygen atoms in total. The second-order valence-electron chi connectivity index (χ2n) is 8.84. The Morgan fingerprint density at radius 2 is 2.00 bits per heavy atom. The summed E-state index contributed by atoms with van der Waals surface area (Å²) in [5.41, 5.74) is 7.66. The number of aryl methyl sites for hydroxylation is 1. The molecule has 1 N–H and O–H groups in total. The lowest BCUT2D eigenvalue weighted by Crippen LogP contribution is -2.37. The Hall–Kier alpha value is -3.24. The van der Waals surface area contributed by atoms with Crippen LogP contribution in [0, 0.1) is 24.7 Å². The lowest BCUT2D eigenvalue weighted by atomic mass is 10.0. The van der Waals surface area contributed by atoms with Gasteiger partial charge < -0.3 is 9.64 Å². The van der Waals surface area contributed by atoms with Crippen molar-refractivity contribution in [3.05, 3.63) is 46.6 Å². The van der Waals surface area contributed by atoms with Gasteiger partial charge >= 0.3 is 0 Å². The van der Waals surface area contributed by atoms with Crippen molar-refractivity contribution in [1.29, 1.82) is 0 Å². The van der Waals surface area contributed by atoms with Gasteiger partial charge in [0.25, 0.3) is 0 Å². The summed E-state index contributed by atoms with van der Waals surface area (Å²) >= 11 is 0. The molecule has 1 aliphatic heterocycles. The molecule has 1 saturated heterocycles. The zero-order chi connectivity index (χ0) is 25.6. The van der Waals surface area contributed by atoms with Gasteiger partial charge in [-0.25, -0.2) is 10.4 Å². The van der Waals surface area contributed by atoms with E-state index in [0.29, 0.717) is 11.9 Å². The highest BCUT2D eigenvalue weighted by atomic mass is 16.5. The lowest BCUT2D eigenvalue weighted by molar-refractivity contribution is -0.111. The summed E-state index contributed by atoms with van der Waals surface area (Å²) in [6, 6.07) is 8.23. The smallest absolute Gasteiger partial charge is 0.245 e. The number of aromatic nitrogens is 2. The van der Waals surface area contributed by atoms with E-state index in [1.165, 1.54) is 18.1 Å². The van der Waals surface area contributed by atoms with Crippen molar-refractivity contribution < 1.29 is 9.53 Å². The number of carbonyl (C=O) groups excluding carboxylic acids is 1. The van der Waals surface area contributed by atoms with Gasteiger partial charge in [0.15, 0.2) is 0 Å². The molecule has 0 radical (unpaired) electrons. The normalized spacial score (nSPS) is 13.2. The minimum atomic E-state index is -0.0538. The fourth-order valence-corrected chi connectivity index (χ4v) is 3.65. The van der Waals surface area contributed by atoms with Gasteiger partial charge in [-0.15, -0.1) is 0 Å². The summed E-state index contributed by atoms with van der Waals surface area (Å²) in [5.74, 6) is 7.10. The Morgan fingerprint density at radius 1 is 1.26 bits per heavy atom. The number of nitrogens with zero attached hydrogens (tertiary/aromatic N) is 4. The van der Waals surface area contributed by atoms with Crippen molar-refractivity contribution in [3.8, 4) is 11.8 Å². The molecule has 0 saturated carbocycles. The molecular weight excluding hydrogens is 438 g/mol. The highest BCUT2D eigenvalue weighted by molar-refractivity contribution is 5.93. The number of hydrazone groups is 1. The first kappa shape index (κ1) is 28.0. The van der Waals surface area contributed by atoms with Gasteiger partial charge in [0, 0.05) is 32.0 Å². The van der Waals surface area contributed by atoms with Gasteiger partial charge in [0.2, 0.25) is 11.7 Å². The third-order valence-electron chi connectivity index (χ3n) is 5.20. The van der Waals surface area contributed by atoms with Crippen LogP contribution in [-0.4, -0.2) is 48.3 Å². The maximum atomic E-state index is 10.0. The van der Waals surface area contributed by atoms with Crippen LogP contribution in [0.1, 0.15) is 63.4 Å². The fraction of sp³-hybridized carbons (Fsp3) is 0.500. The van der Waals surface area contributed by atoms with Crippen molar-refractivity contribution in [2.75, 3.05) is 36.6 Å². The molecule has 1 aliphatic rings. The predicted octanol–water partition coefficient (Wildman–Crippen LogP) is 4.82. The van der Waals surface area contributed by atoms with Crippen LogP contribution in [0.15, 0.2) is 29.4 Å². The first-order chi connectivity index (χ1) is 16.8. The molecule has 0 atom stereocenters. The van der Waals surface area contributed by atoms with E-state index in [2.05, 4.69) is 67.1 Å². The van der Waals surface area contributed by atoms with Crippen LogP contribution < -0.4 is 10.3 Å². The molecule has 3 rings (SSSR count). The van der Waals surface area contributed by atoms with E-state index in [9.17, 15) is 4.79 Å². The van der Waals surface area contributed by atoms with E-state index in [1.54, 1.807) is 6.21 Å². The van der Waals surface area contributed by atoms with Crippen LogP contribution >= 0.6 is 0 Å². The van der Waals surface area contributed by atoms with E-state index in [1.807, 2.05) is 19.1 Å². The summed E-state index contributed by atoms with van der Waals surface area (Å²) in [4.78, 5) is 22.0. The number of benzene rings is 1. The molecule has 1 aromatic carbocycles. The maximum Gasteiger partial charge on any atom is 0.245 e. The van der Waals surface area contributed by atoms with Gasteiger partial charge in [0.1, 0.15) is 5.82 Å². The first-order valence-corrected chi connectivity index (χ1v) is 12.4. The molecule has 0 aliphatic carbocycles. The molecule has 1 fully saturated rings. The topological polar surface area (TPSA) is 79.7 Å². The number of nitrogens with one attached hydrogen (secondary N) is 1. The highest BCUT2D eigenvalue weighted by Gasteiger charge is 2.20. The van der Waals surface area contributed by atoms with Gasteiger partial charge in [-0.2, -0.15) is 10.1 Å². The molecular formula is C28H39N5O2. The standard InChI is InChI=1S/C22H31N5O.C6H8O/c1-5-19-20(13-16(2)3)24-22(25-21(19)27-9-11-28-12-10-27)26-23-15-18-8-6-7-17(4)14-18;1-3-4-5-6(2)7/h6-8,14-16H,5,9-13H2,1-4H3,(H,24,25,26);3H2,1-2H3/b23-15+;. The van der Waals surface area contributed by atoms with Crippen molar-refractivity contribution in [3.63, 3.8) is 0 Å². The summed E-state index contributed by atoms with van der Waals surface area (Å²) in [5, 5.41) is 4.37. The number of ether oxygens (including phenoxy) is 1. The van der Waals surface area contributed by atoms with Crippen molar-refractivity contribution >= 4 is 23.8 Å². The van der Waals surface area contributed by atoms with Gasteiger partial charge in [-0.3, -0.25) is 4.79 Å². The Kier molecular flexibility index (Phi) is 11.9. The lowest BCUT2D eigenvalue weighted by Gasteiger charge is -2.30. The van der Waals surface area contributed by atoms with E-state index < -0.39 is 0 Å². The van der Waals surface area contributed by atoms with Crippen LogP contribution in [0.4, 0.5) is 11.8 Å². The monoisotopic (exact) mass is 477 g/mol. The number of Topliss-reactive ketones (excluding diaryl/α,β-unsaturated/α-hetero) is 1. The molecule has 2 heterocycles. The molecule has 7 heteroatoms. The van der Waals surface area contributed by atoms with Crippen LogP contribution in [-0.2, 0) is 22.4 Å². The number of hydrogen-bond acceptors (Lipinski definition) is 7. The van der Waals surface area contributed by atoms with Gasteiger partial charge in [-0.05, 0) is 37.2 Å². The summed E-state index contributed by atoms with van der Waals surface area (Å²) in [7, 11) is 0. The average Bonchev–Trinajstić information content (AvgIpc) is 2.83. The van der Waals surface area contributed by atoms with Gasteiger partial charge in [0.05, 0.1) is 25.1 Å². The van der Waals surface area contributed by atoms with Crippen molar-refractivity contribution in [2.24, 2.45) is 11.0 Å². The van der Waals surface area contributed by atoms with E-state index in [-0.39, 0.29) is 5.78 Å². The number of carbonyl (C=O) groups is 1. The Morgan fingerprint density at radius 3 is 2.57 bits per heavy atom. The largest absolute Gasteiger partial charge is 0.378 e. The molecule has 0 bridgehead atoms. The molecule has 2 aromatic rings. The zero-order valence-corrected chi connectivity index (χ0v) is 22.0. The Bertz CT molecular complexity index is 1050. The molecule has 0 spiro atoms. The number of ketones is 1. The predicted molar refractivity (Wildman–Crippen MR) is 144 cm³/mol. The zero-order valence-electron chi connectivity index (χ0n) is 22.0. The van der Waals surface area contributed by atoms with Crippen molar-refractivity contribution in [2.45, 2.75) is 60.8 Å². The molecule has 188 valence electrons.